The first-order chi connectivity index (χ1) is 14.8. The van der Waals surface area contributed by atoms with Crippen molar-refractivity contribution < 1.29 is 9.59 Å². The van der Waals surface area contributed by atoms with Crippen LogP contribution in [0.1, 0.15) is 44.2 Å². The summed E-state index contributed by atoms with van der Waals surface area (Å²) in [4.78, 5) is 33.0. The van der Waals surface area contributed by atoms with Crippen molar-refractivity contribution in [3.63, 3.8) is 0 Å². The molecule has 2 amide bonds. The summed E-state index contributed by atoms with van der Waals surface area (Å²) in [6.07, 6.45) is 2.48. The quantitative estimate of drug-likeness (QED) is 0.661. The van der Waals surface area contributed by atoms with Gasteiger partial charge in [0, 0.05) is 29.5 Å². The van der Waals surface area contributed by atoms with Gasteiger partial charge in [-0.05, 0) is 31.0 Å². The van der Waals surface area contributed by atoms with Crippen molar-refractivity contribution in [2.75, 3.05) is 11.9 Å². The molecule has 1 N–H and O–H groups in total. The Morgan fingerprint density at radius 1 is 1.03 bits per heavy atom. The lowest BCUT2D eigenvalue weighted by molar-refractivity contribution is -0.143. The smallest absolute Gasteiger partial charge is 0.247 e. The second-order valence-corrected chi connectivity index (χ2v) is 9.37. The Balaban J connectivity index is 1.70. The predicted octanol–water partition coefficient (Wildman–Crippen LogP) is 4.91. The van der Waals surface area contributed by atoms with Crippen molar-refractivity contribution in [1.29, 1.82) is 0 Å². The standard InChI is InChI=1S/C26H29N3O2/c1-17-10-12-18(13-11-17)20-14-16-29(25(31)26(2,3)4)23(20)24(30)28-21-9-5-7-19-8-6-15-27-22(19)21/h5-13,15,20,23H,14,16H2,1-4H3,(H,28,30)/t20-,23-/m0/s1. The molecule has 4 rings (SSSR count). The van der Waals surface area contributed by atoms with Gasteiger partial charge in [-0.3, -0.25) is 14.6 Å². The maximum absolute atomic E-state index is 13.6. The highest BCUT2D eigenvalue weighted by Crippen LogP contribution is 2.37. The van der Waals surface area contributed by atoms with Crippen LogP contribution in [0.3, 0.4) is 0 Å². The Kier molecular flexibility index (Phi) is 5.52. The number of nitrogens with zero attached hydrogens (tertiary/aromatic N) is 2. The second-order valence-electron chi connectivity index (χ2n) is 9.37. The van der Waals surface area contributed by atoms with Crippen LogP contribution in [0.2, 0.25) is 0 Å². The van der Waals surface area contributed by atoms with E-state index in [4.69, 9.17) is 0 Å². The van der Waals surface area contributed by atoms with Gasteiger partial charge in [-0.1, -0.05) is 68.8 Å². The third-order valence-electron chi connectivity index (χ3n) is 5.97. The first-order valence-corrected chi connectivity index (χ1v) is 10.8. The molecule has 1 aliphatic heterocycles. The first kappa shape index (κ1) is 21.0. The lowest BCUT2D eigenvalue weighted by atomic mass is 9.89. The number of anilines is 1. The van der Waals surface area contributed by atoms with E-state index in [1.807, 2.05) is 58.0 Å². The van der Waals surface area contributed by atoms with Crippen LogP contribution < -0.4 is 5.32 Å². The number of amides is 2. The van der Waals surface area contributed by atoms with Crippen molar-refractivity contribution in [1.82, 2.24) is 9.88 Å². The fourth-order valence-corrected chi connectivity index (χ4v) is 4.35. The van der Waals surface area contributed by atoms with Crippen molar-refractivity contribution in [3.8, 4) is 0 Å². The zero-order chi connectivity index (χ0) is 22.2. The number of nitrogens with one attached hydrogen (secondary N) is 1. The second kappa shape index (κ2) is 8.14. The topological polar surface area (TPSA) is 62.3 Å². The van der Waals surface area contributed by atoms with Gasteiger partial charge in [-0.15, -0.1) is 0 Å². The van der Waals surface area contributed by atoms with Crippen LogP contribution in [0, 0.1) is 12.3 Å². The molecule has 1 saturated heterocycles. The number of hydrogen-bond donors (Lipinski definition) is 1. The van der Waals surface area contributed by atoms with Gasteiger partial charge in [0.05, 0.1) is 11.2 Å². The van der Waals surface area contributed by atoms with Crippen LogP contribution >= 0.6 is 0 Å². The number of carbonyl (C=O) groups excluding carboxylic acids is 2. The van der Waals surface area contributed by atoms with Crippen LogP contribution in [0.25, 0.3) is 10.9 Å². The fraction of sp³-hybridized carbons (Fsp3) is 0.346. The van der Waals surface area contributed by atoms with Crippen LogP contribution in [0.4, 0.5) is 5.69 Å². The van der Waals surface area contributed by atoms with Gasteiger partial charge in [0.15, 0.2) is 0 Å². The average Bonchev–Trinajstić information content (AvgIpc) is 3.18. The largest absolute Gasteiger partial charge is 0.330 e. The van der Waals surface area contributed by atoms with Crippen LogP contribution in [0.15, 0.2) is 60.8 Å². The molecule has 0 aliphatic carbocycles. The number of aryl methyl sites for hydroxylation is 1. The Morgan fingerprint density at radius 2 is 1.74 bits per heavy atom. The average molecular weight is 416 g/mol. The summed E-state index contributed by atoms with van der Waals surface area (Å²) < 4.78 is 0. The summed E-state index contributed by atoms with van der Waals surface area (Å²) in [6.45, 7) is 8.32. The van der Waals surface area contributed by atoms with Crippen LogP contribution in [-0.4, -0.2) is 34.3 Å². The van der Waals surface area contributed by atoms with E-state index >= 15 is 0 Å². The minimum Gasteiger partial charge on any atom is -0.330 e. The van der Waals surface area contributed by atoms with Crippen molar-refractivity contribution in [2.45, 2.75) is 46.1 Å². The maximum atomic E-state index is 13.6. The third-order valence-corrected chi connectivity index (χ3v) is 5.97. The number of likely N-dealkylation sites (tertiary alicyclic amines) is 1. The van der Waals surface area contributed by atoms with Gasteiger partial charge >= 0.3 is 0 Å². The molecule has 0 unspecified atom stereocenters. The van der Waals surface area contributed by atoms with E-state index in [0.717, 1.165) is 22.9 Å². The zero-order valence-corrected chi connectivity index (χ0v) is 18.6. The van der Waals surface area contributed by atoms with Gasteiger partial charge in [-0.2, -0.15) is 0 Å². The molecule has 160 valence electrons. The number of aromatic nitrogens is 1. The van der Waals surface area contributed by atoms with E-state index in [1.54, 1.807) is 11.1 Å². The number of hydrogen-bond acceptors (Lipinski definition) is 3. The van der Waals surface area contributed by atoms with E-state index in [9.17, 15) is 9.59 Å². The van der Waals surface area contributed by atoms with Gasteiger partial charge in [0.25, 0.3) is 0 Å². The molecule has 1 fully saturated rings. The normalized spacial score (nSPS) is 18.9. The molecule has 1 aromatic heterocycles. The summed E-state index contributed by atoms with van der Waals surface area (Å²) in [6, 6.07) is 17.3. The monoisotopic (exact) mass is 415 g/mol. The molecule has 5 nitrogen and oxygen atoms in total. The minimum absolute atomic E-state index is 0.00157. The highest BCUT2D eigenvalue weighted by Gasteiger charge is 2.45. The zero-order valence-electron chi connectivity index (χ0n) is 18.6. The number of pyridine rings is 1. The van der Waals surface area contributed by atoms with Crippen molar-refractivity contribution in [3.05, 3.63) is 71.9 Å². The SMILES string of the molecule is Cc1ccc([C@@H]2CCN(C(=O)C(C)(C)C)[C@@H]2C(=O)Nc2cccc3cccnc23)cc1. The molecular formula is C26H29N3O2. The number of rotatable bonds is 3. The summed E-state index contributed by atoms with van der Waals surface area (Å²) in [5, 5.41) is 4.04. The van der Waals surface area contributed by atoms with E-state index in [0.29, 0.717) is 12.2 Å². The molecule has 3 aromatic rings. The number of benzene rings is 2. The molecule has 2 aromatic carbocycles. The molecule has 2 atom stereocenters. The van der Waals surface area contributed by atoms with Crippen molar-refractivity contribution >= 4 is 28.4 Å². The number of carbonyl (C=O) groups is 2. The minimum atomic E-state index is -0.562. The lowest BCUT2D eigenvalue weighted by Gasteiger charge is -2.32. The lowest BCUT2D eigenvalue weighted by Crippen LogP contribution is -2.49. The molecule has 2 heterocycles. The predicted molar refractivity (Wildman–Crippen MR) is 124 cm³/mol. The van der Waals surface area contributed by atoms with E-state index in [-0.39, 0.29) is 17.7 Å². The number of fused-ring (bicyclic) bond motifs is 1. The summed E-state index contributed by atoms with van der Waals surface area (Å²) >= 11 is 0. The summed E-state index contributed by atoms with van der Waals surface area (Å²) in [5.41, 5.74) is 3.12. The van der Waals surface area contributed by atoms with Gasteiger partial charge in [0.2, 0.25) is 11.8 Å². The molecule has 0 radical (unpaired) electrons. The Labute approximate surface area is 183 Å². The highest BCUT2D eigenvalue weighted by atomic mass is 16.2. The molecule has 31 heavy (non-hydrogen) atoms. The Bertz CT molecular complexity index is 1110. The first-order valence-electron chi connectivity index (χ1n) is 10.8. The third kappa shape index (κ3) is 4.18. The summed E-state index contributed by atoms with van der Waals surface area (Å²) in [5.74, 6) is -0.216. The maximum Gasteiger partial charge on any atom is 0.247 e. The Morgan fingerprint density at radius 3 is 2.45 bits per heavy atom. The Hall–Kier alpha value is -3.21. The van der Waals surface area contributed by atoms with Gasteiger partial charge in [0.1, 0.15) is 6.04 Å². The molecular weight excluding hydrogens is 386 g/mol. The van der Waals surface area contributed by atoms with E-state index in [2.05, 4.69) is 34.6 Å². The molecule has 1 aliphatic rings. The fourth-order valence-electron chi connectivity index (χ4n) is 4.35. The molecule has 0 saturated carbocycles. The van der Waals surface area contributed by atoms with Crippen molar-refractivity contribution in [2.24, 2.45) is 5.41 Å². The molecule has 0 bridgehead atoms. The number of para-hydroxylation sites is 1. The van der Waals surface area contributed by atoms with E-state index < -0.39 is 11.5 Å². The highest BCUT2D eigenvalue weighted by molar-refractivity contribution is 6.04. The molecule has 0 spiro atoms. The summed E-state index contributed by atoms with van der Waals surface area (Å²) in [7, 11) is 0. The van der Waals surface area contributed by atoms with Gasteiger partial charge in [-0.25, -0.2) is 0 Å². The van der Waals surface area contributed by atoms with Crippen LogP contribution in [0.5, 0.6) is 0 Å². The van der Waals surface area contributed by atoms with E-state index in [1.165, 1.54) is 5.56 Å². The van der Waals surface area contributed by atoms with Gasteiger partial charge < -0.3 is 10.2 Å². The molecule has 5 heteroatoms. The van der Waals surface area contributed by atoms with Crippen LogP contribution in [-0.2, 0) is 9.59 Å².